The van der Waals surface area contributed by atoms with Crippen LogP contribution in [0.25, 0.3) is 11.3 Å². The lowest BCUT2D eigenvalue weighted by molar-refractivity contribution is -0.134. The van der Waals surface area contributed by atoms with Crippen LogP contribution >= 0.6 is 0 Å². The average molecular weight is 363 g/mol. The molecule has 1 aromatic heterocycles. The smallest absolute Gasteiger partial charge is 0.223 e. The van der Waals surface area contributed by atoms with Crippen LogP contribution < -0.4 is 5.73 Å². The zero-order valence-electron chi connectivity index (χ0n) is 14.1. The number of nitrogens with zero attached hydrogens (tertiary/aromatic N) is 2. The molecular weight excluding hydrogens is 344 g/mol. The molecule has 8 heteroatoms. The molecule has 1 aliphatic rings. The summed E-state index contributed by atoms with van der Waals surface area (Å²) in [5.74, 6) is -1.82. The first kappa shape index (κ1) is 18.0. The molecule has 3 rings (SSSR count). The Labute approximate surface area is 149 Å². The highest BCUT2D eigenvalue weighted by Gasteiger charge is 2.26. The zero-order chi connectivity index (χ0) is 18.7. The molecule has 0 saturated carbocycles. The number of nitrogens with two attached hydrogens (primary N) is 1. The van der Waals surface area contributed by atoms with Crippen molar-refractivity contribution in [3.63, 3.8) is 0 Å². The number of carbonyl (C=O) groups excluding carboxylic acids is 2. The molecular formula is C18H19F2N3O3. The van der Waals surface area contributed by atoms with Gasteiger partial charge in [0, 0.05) is 31.8 Å². The number of piperidine rings is 1. The van der Waals surface area contributed by atoms with Crippen LogP contribution in [0.5, 0.6) is 0 Å². The van der Waals surface area contributed by atoms with Gasteiger partial charge < -0.3 is 15.1 Å². The topological polar surface area (TPSA) is 89.4 Å². The summed E-state index contributed by atoms with van der Waals surface area (Å²) in [5, 5.41) is 0. The van der Waals surface area contributed by atoms with Crippen molar-refractivity contribution in [1.29, 1.82) is 0 Å². The van der Waals surface area contributed by atoms with Crippen LogP contribution in [0, 0.1) is 17.6 Å². The predicted molar refractivity (Wildman–Crippen MR) is 88.7 cm³/mol. The summed E-state index contributed by atoms with van der Waals surface area (Å²) < 4.78 is 32.9. The van der Waals surface area contributed by atoms with E-state index in [0.29, 0.717) is 25.9 Å². The number of halogens is 2. The molecule has 1 saturated heterocycles. The normalized spacial score (nSPS) is 15.2. The van der Waals surface area contributed by atoms with Crippen LogP contribution in [0.15, 0.2) is 28.8 Å². The monoisotopic (exact) mass is 363 g/mol. The maximum Gasteiger partial charge on any atom is 0.223 e. The summed E-state index contributed by atoms with van der Waals surface area (Å²) in [5.41, 5.74) is 5.01. The standard InChI is InChI=1S/C18H19F2N3O3/c19-12-2-1-3-13(20)17(12)14-10-22-15(26-14)4-5-16(24)23-8-6-11(7-9-23)18(21)25/h1-3,10-11H,4-9H2,(H2,21,25). The number of aromatic nitrogens is 1. The highest BCUT2D eigenvalue weighted by atomic mass is 19.1. The van der Waals surface area contributed by atoms with Gasteiger partial charge >= 0.3 is 0 Å². The number of hydrogen-bond acceptors (Lipinski definition) is 4. The van der Waals surface area contributed by atoms with Crippen molar-refractivity contribution < 1.29 is 22.8 Å². The largest absolute Gasteiger partial charge is 0.441 e. The van der Waals surface area contributed by atoms with Crippen LogP contribution in [0.4, 0.5) is 8.78 Å². The quantitative estimate of drug-likeness (QED) is 0.882. The molecule has 2 heterocycles. The van der Waals surface area contributed by atoms with E-state index in [2.05, 4.69) is 4.98 Å². The second-order valence-electron chi connectivity index (χ2n) is 6.27. The van der Waals surface area contributed by atoms with Crippen molar-refractivity contribution in [2.24, 2.45) is 11.7 Å². The van der Waals surface area contributed by atoms with E-state index in [9.17, 15) is 18.4 Å². The summed E-state index contributed by atoms with van der Waals surface area (Å²) in [6.45, 7) is 0.980. The van der Waals surface area contributed by atoms with E-state index in [1.165, 1.54) is 12.3 Å². The predicted octanol–water partition coefficient (Wildman–Crippen LogP) is 2.28. The van der Waals surface area contributed by atoms with Crippen molar-refractivity contribution in [1.82, 2.24) is 9.88 Å². The Morgan fingerprint density at radius 1 is 1.23 bits per heavy atom. The Morgan fingerprint density at radius 3 is 2.50 bits per heavy atom. The van der Waals surface area contributed by atoms with Gasteiger partial charge in [-0.15, -0.1) is 0 Å². The maximum absolute atomic E-state index is 13.8. The number of benzene rings is 1. The second kappa shape index (κ2) is 7.63. The van der Waals surface area contributed by atoms with Crippen LogP contribution in [0.1, 0.15) is 25.2 Å². The molecule has 26 heavy (non-hydrogen) atoms. The number of primary amides is 1. The Bertz CT molecular complexity index is 794. The number of oxazole rings is 1. The van der Waals surface area contributed by atoms with Crippen LogP contribution in [-0.2, 0) is 16.0 Å². The Balaban J connectivity index is 1.57. The van der Waals surface area contributed by atoms with Gasteiger partial charge in [0.05, 0.1) is 11.8 Å². The third kappa shape index (κ3) is 3.89. The molecule has 0 bridgehead atoms. The first-order valence-electron chi connectivity index (χ1n) is 8.42. The summed E-state index contributed by atoms with van der Waals surface area (Å²) >= 11 is 0. The molecule has 0 unspecified atom stereocenters. The van der Waals surface area contributed by atoms with Crippen molar-refractivity contribution >= 4 is 11.8 Å². The molecule has 0 atom stereocenters. The molecule has 6 nitrogen and oxygen atoms in total. The SMILES string of the molecule is NC(=O)C1CCN(C(=O)CCc2ncc(-c3c(F)cccc3F)o2)CC1. The Morgan fingerprint density at radius 2 is 1.88 bits per heavy atom. The zero-order valence-corrected chi connectivity index (χ0v) is 14.1. The highest BCUT2D eigenvalue weighted by Crippen LogP contribution is 2.27. The van der Waals surface area contributed by atoms with Crippen molar-refractivity contribution in [3.05, 3.63) is 41.9 Å². The van der Waals surface area contributed by atoms with E-state index >= 15 is 0 Å². The van der Waals surface area contributed by atoms with E-state index in [1.807, 2.05) is 0 Å². The molecule has 0 spiro atoms. The molecule has 0 aliphatic carbocycles. The molecule has 138 valence electrons. The van der Waals surface area contributed by atoms with Gasteiger partial charge in [0.2, 0.25) is 11.8 Å². The van der Waals surface area contributed by atoms with Crippen LogP contribution in [0.3, 0.4) is 0 Å². The third-order valence-electron chi connectivity index (χ3n) is 4.57. The minimum atomic E-state index is -0.735. The third-order valence-corrected chi connectivity index (χ3v) is 4.57. The molecule has 2 aromatic rings. The Kier molecular flexibility index (Phi) is 5.29. The van der Waals surface area contributed by atoms with E-state index in [0.717, 1.165) is 12.1 Å². The first-order valence-corrected chi connectivity index (χ1v) is 8.42. The molecule has 2 N–H and O–H groups in total. The summed E-state index contributed by atoms with van der Waals surface area (Å²) in [6.07, 6.45) is 2.78. The number of aryl methyl sites for hydroxylation is 1. The van der Waals surface area contributed by atoms with Gasteiger partial charge in [0.15, 0.2) is 11.7 Å². The Hall–Kier alpha value is -2.77. The molecule has 0 radical (unpaired) electrons. The van der Waals surface area contributed by atoms with E-state index in [-0.39, 0.29) is 47.8 Å². The first-order chi connectivity index (χ1) is 12.5. The van der Waals surface area contributed by atoms with Gasteiger partial charge in [0.25, 0.3) is 0 Å². The minimum Gasteiger partial charge on any atom is -0.441 e. The lowest BCUT2D eigenvalue weighted by atomic mass is 9.96. The van der Waals surface area contributed by atoms with Gasteiger partial charge in [-0.1, -0.05) is 6.07 Å². The van der Waals surface area contributed by atoms with Gasteiger partial charge in [-0.2, -0.15) is 0 Å². The fourth-order valence-electron chi connectivity index (χ4n) is 3.06. The number of likely N-dealkylation sites (tertiary alicyclic amines) is 1. The summed E-state index contributed by atoms with van der Waals surface area (Å²) in [6, 6.07) is 3.55. The summed E-state index contributed by atoms with van der Waals surface area (Å²) in [4.78, 5) is 29.1. The van der Waals surface area contributed by atoms with Crippen LogP contribution in [0.2, 0.25) is 0 Å². The van der Waals surface area contributed by atoms with Gasteiger partial charge in [-0.05, 0) is 25.0 Å². The second-order valence-corrected chi connectivity index (χ2v) is 6.27. The molecule has 1 fully saturated rings. The highest BCUT2D eigenvalue weighted by molar-refractivity contribution is 5.79. The van der Waals surface area contributed by atoms with E-state index in [4.69, 9.17) is 10.2 Å². The lowest BCUT2D eigenvalue weighted by Crippen LogP contribution is -2.41. The molecule has 1 aromatic carbocycles. The van der Waals surface area contributed by atoms with Gasteiger partial charge in [-0.25, -0.2) is 13.8 Å². The van der Waals surface area contributed by atoms with E-state index < -0.39 is 11.6 Å². The molecule has 1 aliphatic heterocycles. The average Bonchev–Trinajstić information content (AvgIpc) is 3.08. The van der Waals surface area contributed by atoms with E-state index in [1.54, 1.807) is 4.90 Å². The van der Waals surface area contributed by atoms with Gasteiger partial charge in [0.1, 0.15) is 11.6 Å². The van der Waals surface area contributed by atoms with Gasteiger partial charge in [-0.3, -0.25) is 9.59 Å². The van der Waals surface area contributed by atoms with Crippen LogP contribution in [-0.4, -0.2) is 34.8 Å². The fourth-order valence-corrected chi connectivity index (χ4v) is 3.06. The van der Waals surface area contributed by atoms with Crippen molar-refractivity contribution in [2.45, 2.75) is 25.7 Å². The number of carbonyl (C=O) groups is 2. The fraction of sp³-hybridized carbons (Fsp3) is 0.389. The van der Waals surface area contributed by atoms with Crippen molar-refractivity contribution in [2.75, 3.05) is 13.1 Å². The molecule has 2 amide bonds. The van der Waals surface area contributed by atoms with Crippen molar-refractivity contribution in [3.8, 4) is 11.3 Å². The summed E-state index contributed by atoms with van der Waals surface area (Å²) in [7, 11) is 0. The minimum absolute atomic E-state index is 0.00896. The number of hydrogen-bond donors (Lipinski definition) is 1. The lowest BCUT2D eigenvalue weighted by Gasteiger charge is -2.30. The number of amides is 2. The maximum atomic E-state index is 13.8. The number of rotatable bonds is 5.